The molecule has 6 heteroatoms. The largest absolute Gasteiger partial charge is 0.484 e. The number of ether oxygens (including phenoxy) is 2. The first-order chi connectivity index (χ1) is 15.3. The maximum Gasteiger partial charge on any atom is 0.262 e. The molecule has 0 unspecified atom stereocenters. The van der Waals surface area contributed by atoms with Gasteiger partial charge >= 0.3 is 0 Å². The van der Waals surface area contributed by atoms with Crippen molar-refractivity contribution < 1.29 is 19.1 Å². The van der Waals surface area contributed by atoms with Gasteiger partial charge in [0.05, 0.1) is 0 Å². The van der Waals surface area contributed by atoms with E-state index in [0.717, 1.165) is 11.3 Å². The van der Waals surface area contributed by atoms with E-state index in [1.165, 1.54) is 5.56 Å². The number of aryl methyl sites for hydroxylation is 2. The highest BCUT2D eigenvalue weighted by Gasteiger charge is 2.10. The second-order valence-corrected chi connectivity index (χ2v) is 7.90. The minimum Gasteiger partial charge on any atom is -0.484 e. The number of hydrogen-bond acceptors (Lipinski definition) is 4. The van der Waals surface area contributed by atoms with Crippen molar-refractivity contribution in [3.63, 3.8) is 0 Å². The summed E-state index contributed by atoms with van der Waals surface area (Å²) in [6.07, 6.45) is 0. The van der Waals surface area contributed by atoms with Gasteiger partial charge in [0, 0.05) is 17.3 Å². The van der Waals surface area contributed by atoms with Gasteiger partial charge in [-0.25, -0.2) is 0 Å². The van der Waals surface area contributed by atoms with Crippen LogP contribution in [0.4, 0.5) is 11.4 Å². The van der Waals surface area contributed by atoms with E-state index in [2.05, 4.69) is 10.6 Å². The van der Waals surface area contributed by atoms with Gasteiger partial charge in [-0.05, 0) is 67.9 Å². The van der Waals surface area contributed by atoms with E-state index in [-0.39, 0.29) is 24.3 Å². The van der Waals surface area contributed by atoms with Gasteiger partial charge in [0.1, 0.15) is 17.2 Å². The predicted molar refractivity (Wildman–Crippen MR) is 126 cm³/mol. The lowest BCUT2D eigenvalue weighted by atomic mass is 10.1. The van der Waals surface area contributed by atoms with Gasteiger partial charge in [0.15, 0.2) is 6.61 Å². The molecule has 3 rings (SSSR count). The molecular formula is C26H28N2O4. The van der Waals surface area contributed by atoms with Crippen molar-refractivity contribution in [2.75, 3.05) is 17.2 Å². The first kappa shape index (κ1) is 22.9. The van der Waals surface area contributed by atoms with Crippen LogP contribution in [0.5, 0.6) is 17.2 Å². The molecule has 166 valence electrons. The van der Waals surface area contributed by atoms with Crippen molar-refractivity contribution in [2.24, 2.45) is 5.92 Å². The van der Waals surface area contributed by atoms with Gasteiger partial charge in [0.25, 0.3) is 5.91 Å². The lowest BCUT2D eigenvalue weighted by molar-refractivity contribution is -0.119. The lowest BCUT2D eigenvalue weighted by Crippen LogP contribution is -2.21. The number of nitrogens with one attached hydrogen (secondary N) is 2. The minimum absolute atomic E-state index is 0.0794. The zero-order valence-electron chi connectivity index (χ0n) is 18.8. The van der Waals surface area contributed by atoms with Crippen LogP contribution < -0.4 is 20.1 Å². The molecular weight excluding hydrogens is 404 g/mol. The van der Waals surface area contributed by atoms with Crippen molar-refractivity contribution in [3.05, 3.63) is 77.9 Å². The van der Waals surface area contributed by atoms with Crippen LogP contribution in [0.15, 0.2) is 66.7 Å². The number of rotatable bonds is 8. The molecule has 0 spiro atoms. The molecule has 0 saturated carbocycles. The average Bonchev–Trinajstić information content (AvgIpc) is 2.77. The number of anilines is 2. The maximum atomic E-state index is 12.4. The van der Waals surface area contributed by atoms with Gasteiger partial charge in [-0.3, -0.25) is 9.59 Å². The highest BCUT2D eigenvalue weighted by Crippen LogP contribution is 2.24. The Hall–Kier alpha value is -3.80. The van der Waals surface area contributed by atoms with Crippen LogP contribution in [-0.2, 0) is 9.59 Å². The maximum absolute atomic E-state index is 12.4. The summed E-state index contributed by atoms with van der Waals surface area (Å²) in [6.45, 7) is 7.42. The molecule has 0 aliphatic carbocycles. The molecule has 0 saturated heterocycles. The third kappa shape index (κ3) is 6.60. The third-order valence-corrected chi connectivity index (χ3v) is 4.75. The van der Waals surface area contributed by atoms with E-state index in [9.17, 15) is 9.59 Å². The summed E-state index contributed by atoms with van der Waals surface area (Å²) in [5.41, 5.74) is 3.32. The summed E-state index contributed by atoms with van der Waals surface area (Å²) in [6, 6.07) is 20.3. The zero-order valence-corrected chi connectivity index (χ0v) is 18.8. The van der Waals surface area contributed by atoms with Crippen LogP contribution in [0.1, 0.15) is 25.0 Å². The van der Waals surface area contributed by atoms with Crippen LogP contribution in [0.2, 0.25) is 0 Å². The Morgan fingerprint density at radius 2 is 1.41 bits per heavy atom. The van der Waals surface area contributed by atoms with Crippen molar-refractivity contribution >= 4 is 23.2 Å². The normalized spacial score (nSPS) is 10.5. The summed E-state index contributed by atoms with van der Waals surface area (Å²) in [5, 5.41) is 5.66. The SMILES string of the molecule is Cc1ccc(Oc2ccc(OCC(=O)Nc3cc(NC(=O)C(C)C)ccc3C)cc2)cc1. The van der Waals surface area contributed by atoms with E-state index in [0.29, 0.717) is 22.9 Å². The van der Waals surface area contributed by atoms with E-state index < -0.39 is 0 Å². The fourth-order valence-electron chi connectivity index (χ4n) is 2.80. The van der Waals surface area contributed by atoms with E-state index in [4.69, 9.17) is 9.47 Å². The summed E-state index contributed by atoms with van der Waals surface area (Å²) < 4.78 is 11.4. The average molecular weight is 433 g/mol. The molecule has 3 aromatic rings. The van der Waals surface area contributed by atoms with Gasteiger partial charge in [-0.2, -0.15) is 0 Å². The Balaban J connectivity index is 1.53. The van der Waals surface area contributed by atoms with E-state index in [1.54, 1.807) is 30.3 Å². The monoisotopic (exact) mass is 432 g/mol. The van der Waals surface area contributed by atoms with Crippen molar-refractivity contribution in [2.45, 2.75) is 27.7 Å². The first-order valence-corrected chi connectivity index (χ1v) is 10.5. The molecule has 0 atom stereocenters. The summed E-state index contributed by atoms with van der Waals surface area (Å²) in [5.74, 6) is 1.50. The Kier molecular flexibility index (Phi) is 7.49. The smallest absolute Gasteiger partial charge is 0.262 e. The first-order valence-electron chi connectivity index (χ1n) is 10.5. The van der Waals surface area contributed by atoms with Gasteiger partial charge < -0.3 is 20.1 Å². The fraction of sp³-hybridized carbons (Fsp3) is 0.231. The Bertz CT molecular complexity index is 1070. The highest BCUT2D eigenvalue weighted by atomic mass is 16.5. The van der Waals surface area contributed by atoms with E-state index >= 15 is 0 Å². The predicted octanol–water partition coefficient (Wildman–Crippen LogP) is 5.71. The summed E-state index contributed by atoms with van der Waals surface area (Å²) in [4.78, 5) is 24.3. The minimum atomic E-state index is -0.291. The molecule has 0 aliphatic rings. The molecule has 0 aliphatic heterocycles. The van der Waals surface area contributed by atoms with Crippen LogP contribution in [0.3, 0.4) is 0 Å². The summed E-state index contributed by atoms with van der Waals surface area (Å²) in [7, 11) is 0. The van der Waals surface area contributed by atoms with Crippen LogP contribution in [0.25, 0.3) is 0 Å². The van der Waals surface area contributed by atoms with Crippen molar-refractivity contribution in [3.8, 4) is 17.2 Å². The van der Waals surface area contributed by atoms with E-state index in [1.807, 2.05) is 64.1 Å². The molecule has 2 N–H and O–H groups in total. The van der Waals surface area contributed by atoms with Crippen LogP contribution >= 0.6 is 0 Å². The highest BCUT2D eigenvalue weighted by molar-refractivity contribution is 5.95. The van der Waals surface area contributed by atoms with Crippen molar-refractivity contribution in [1.82, 2.24) is 0 Å². The van der Waals surface area contributed by atoms with Crippen LogP contribution in [0, 0.1) is 19.8 Å². The summed E-state index contributed by atoms with van der Waals surface area (Å²) >= 11 is 0. The lowest BCUT2D eigenvalue weighted by Gasteiger charge is -2.13. The second-order valence-electron chi connectivity index (χ2n) is 7.90. The van der Waals surface area contributed by atoms with Gasteiger partial charge in [-0.1, -0.05) is 37.6 Å². The zero-order chi connectivity index (χ0) is 23.1. The number of carbonyl (C=O) groups is 2. The van der Waals surface area contributed by atoms with Crippen molar-refractivity contribution in [1.29, 1.82) is 0 Å². The fourth-order valence-corrected chi connectivity index (χ4v) is 2.80. The Labute approximate surface area is 188 Å². The number of carbonyl (C=O) groups excluding carboxylic acids is 2. The molecule has 32 heavy (non-hydrogen) atoms. The third-order valence-electron chi connectivity index (χ3n) is 4.75. The topological polar surface area (TPSA) is 76.7 Å². The quantitative estimate of drug-likeness (QED) is 0.478. The molecule has 0 radical (unpaired) electrons. The molecule has 2 amide bonds. The van der Waals surface area contributed by atoms with Gasteiger partial charge in [-0.15, -0.1) is 0 Å². The number of hydrogen-bond donors (Lipinski definition) is 2. The van der Waals surface area contributed by atoms with Gasteiger partial charge in [0.2, 0.25) is 5.91 Å². The number of amides is 2. The van der Waals surface area contributed by atoms with Crippen LogP contribution in [-0.4, -0.2) is 18.4 Å². The number of benzene rings is 3. The second kappa shape index (κ2) is 10.5. The molecule has 0 aromatic heterocycles. The Morgan fingerprint density at radius 3 is 2.03 bits per heavy atom. The molecule has 0 bridgehead atoms. The molecule has 6 nitrogen and oxygen atoms in total. The molecule has 0 heterocycles. The Morgan fingerprint density at radius 1 is 0.812 bits per heavy atom. The standard InChI is InChI=1S/C26H28N2O4/c1-17(2)26(30)27-20-8-7-19(4)24(15-20)28-25(29)16-31-21-11-13-23(14-12-21)32-22-9-5-18(3)6-10-22/h5-15,17H,16H2,1-4H3,(H,27,30)(H,28,29). The molecule has 0 fully saturated rings. The molecule has 3 aromatic carbocycles.